The van der Waals surface area contributed by atoms with E-state index in [2.05, 4.69) is 49.0 Å². The normalized spacial score (nSPS) is 19.1. The van der Waals surface area contributed by atoms with Gasteiger partial charge in [-0.15, -0.1) is 5.10 Å². The molecule has 0 aliphatic carbocycles. The molecule has 6 rings (SSSR count). The number of hydrogen-bond acceptors (Lipinski definition) is 11. The quantitative estimate of drug-likeness (QED) is 0.240. The van der Waals surface area contributed by atoms with Gasteiger partial charge in [0.15, 0.2) is 8.32 Å². The molecule has 1 saturated heterocycles. The van der Waals surface area contributed by atoms with Crippen LogP contribution in [0.2, 0.25) is 18.1 Å². The average Bonchev–Trinajstić information content (AvgIpc) is 3.64. The second-order valence-corrected chi connectivity index (χ2v) is 24.1. The van der Waals surface area contributed by atoms with Crippen LogP contribution >= 0.6 is 0 Å². The standard InChI is InChI=1S/C34H50N8O7S2Si/c1-23-19-38(5)22-31-26(32(49-25-20-40(21-25)50(7,43)44)37-41(31)15-16-47-52(9,10)34(2,3)4)12-13-29-27-17-24(28-18-35-39(6)33(28)48-23)11-14-30(27)42(36-29)51(8,45)46/h11-14,17-18,23,25H,15-16,19-22H2,1-10H3/b13-12+/t23-/m0/s1. The van der Waals surface area contributed by atoms with Crippen LogP contribution in [0.5, 0.6) is 11.8 Å². The molecule has 2 bridgehead atoms. The van der Waals surface area contributed by atoms with Crippen LogP contribution in [0.15, 0.2) is 24.4 Å². The van der Waals surface area contributed by atoms with E-state index in [1.807, 2.05) is 43.9 Å². The van der Waals surface area contributed by atoms with Gasteiger partial charge in [0.1, 0.15) is 12.2 Å². The smallest absolute Gasteiger partial charge is 0.251 e. The van der Waals surface area contributed by atoms with Gasteiger partial charge >= 0.3 is 0 Å². The van der Waals surface area contributed by atoms with Crippen molar-refractivity contribution < 1.29 is 30.7 Å². The molecule has 2 aliphatic rings. The Kier molecular flexibility index (Phi) is 10.1. The first-order valence-corrected chi connectivity index (χ1v) is 23.9. The summed E-state index contributed by atoms with van der Waals surface area (Å²) in [6.07, 6.45) is 7.07. The predicted octanol–water partition coefficient (Wildman–Crippen LogP) is 3.87. The number of likely N-dealkylation sites (N-methyl/N-ethyl adjacent to an activating group) is 1. The summed E-state index contributed by atoms with van der Waals surface area (Å²) in [5, 5.41) is 14.6. The molecule has 5 heterocycles. The van der Waals surface area contributed by atoms with Crippen molar-refractivity contribution in [3.63, 3.8) is 0 Å². The fraction of sp³-hybridized carbons (Fsp3) is 0.559. The van der Waals surface area contributed by atoms with Gasteiger partial charge in [0.05, 0.1) is 73.0 Å². The number of aromatic nitrogens is 6. The summed E-state index contributed by atoms with van der Waals surface area (Å²) in [6, 6.07) is 5.49. The first-order valence-electron chi connectivity index (χ1n) is 17.3. The second-order valence-electron chi connectivity index (χ2n) is 15.5. The van der Waals surface area contributed by atoms with E-state index in [0.717, 1.165) is 27.2 Å². The summed E-state index contributed by atoms with van der Waals surface area (Å²) in [7, 11) is -5.32. The first-order chi connectivity index (χ1) is 24.1. The highest BCUT2D eigenvalue weighted by molar-refractivity contribution is 7.89. The third-order valence-electron chi connectivity index (χ3n) is 10.1. The van der Waals surface area contributed by atoms with Crippen LogP contribution in [0, 0.1) is 0 Å². The highest BCUT2D eigenvalue weighted by Crippen LogP contribution is 2.38. The number of fused-ring (bicyclic) bond motifs is 4. The highest BCUT2D eigenvalue weighted by atomic mass is 32.2. The minimum atomic E-state index is -3.75. The number of hydrogen-bond donors (Lipinski definition) is 0. The molecular formula is C34H50N8O7S2Si. The molecule has 3 aromatic heterocycles. The maximum Gasteiger partial charge on any atom is 0.251 e. The SMILES string of the molecule is C[C@H]1CN(C)Cc2c(c(OC3CN(S(C)(=O)=O)C3)nn2CCO[Si](C)(C)C(C)(C)C)/C=C/c2nn(S(C)(=O)=O)c3ccc(cc23)-c2cnn(C)c2O1. The van der Waals surface area contributed by atoms with Gasteiger partial charge in [-0.05, 0) is 62.0 Å². The third kappa shape index (κ3) is 7.72. The zero-order chi connectivity index (χ0) is 38.0. The summed E-state index contributed by atoms with van der Waals surface area (Å²) >= 11 is 0. The number of rotatable bonds is 8. The topological polar surface area (TPSA) is 156 Å². The zero-order valence-corrected chi connectivity index (χ0v) is 34.2. The van der Waals surface area contributed by atoms with E-state index < -0.39 is 28.4 Å². The van der Waals surface area contributed by atoms with Crippen LogP contribution in [0.1, 0.15) is 44.6 Å². The predicted molar refractivity (Wildman–Crippen MR) is 204 cm³/mol. The van der Waals surface area contributed by atoms with Crippen molar-refractivity contribution >= 4 is 51.4 Å². The summed E-state index contributed by atoms with van der Waals surface area (Å²) in [6.45, 7) is 15.4. The van der Waals surface area contributed by atoms with Crippen LogP contribution in [0.25, 0.3) is 34.2 Å². The van der Waals surface area contributed by atoms with Gasteiger partial charge in [-0.1, -0.05) is 26.8 Å². The summed E-state index contributed by atoms with van der Waals surface area (Å²) in [4.78, 5) is 2.15. The average molecular weight is 775 g/mol. The second kappa shape index (κ2) is 13.7. The van der Waals surface area contributed by atoms with Gasteiger partial charge in [0.25, 0.3) is 10.0 Å². The maximum atomic E-state index is 12.9. The molecule has 0 spiro atoms. The lowest BCUT2D eigenvalue weighted by Crippen LogP contribution is -2.55. The molecule has 0 radical (unpaired) electrons. The van der Waals surface area contributed by atoms with Crippen LogP contribution in [-0.4, -0.2) is 121 Å². The Morgan fingerprint density at radius 1 is 1.00 bits per heavy atom. The molecule has 1 aromatic carbocycles. The van der Waals surface area contributed by atoms with Crippen molar-refractivity contribution in [2.45, 2.75) is 71.1 Å². The van der Waals surface area contributed by atoms with Crippen LogP contribution in [0.3, 0.4) is 0 Å². The minimum Gasteiger partial charge on any atom is -0.473 e. The number of benzene rings is 1. The van der Waals surface area contributed by atoms with E-state index in [1.54, 1.807) is 23.0 Å². The molecule has 0 amide bonds. The molecule has 52 heavy (non-hydrogen) atoms. The van der Waals surface area contributed by atoms with E-state index in [-0.39, 0.29) is 30.3 Å². The van der Waals surface area contributed by atoms with Gasteiger partial charge < -0.3 is 13.9 Å². The van der Waals surface area contributed by atoms with Gasteiger partial charge in [0.2, 0.25) is 21.8 Å². The Bertz CT molecular complexity index is 2230. The molecule has 2 aliphatic heterocycles. The Morgan fingerprint density at radius 2 is 1.71 bits per heavy atom. The third-order valence-corrected chi connectivity index (χ3v) is 16.8. The number of ether oxygens (including phenoxy) is 2. The Hall–Kier alpha value is -3.55. The van der Waals surface area contributed by atoms with Crippen LogP contribution in [-0.2, 0) is 44.6 Å². The summed E-state index contributed by atoms with van der Waals surface area (Å²) < 4.78 is 75.6. The molecule has 4 aromatic rings. The van der Waals surface area contributed by atoms with Crippen LogP contribution in [0.4, 0.5) is 0 Å². The van der Waals surface area contributed by atoms with E-state index in [9.17, 15) is 16.8 Å². The largest absolute Gasteiger partial charge is 0.473 e. The van der Waals surface area contributed by atoms with Gasteiger partial charge in [-0.2, -0.15) is 18.6 Å². The van der Waals surface area contributed by atoms with E-state index in [1.165, 1.54) is 10.6 Å². The Balaban J connectivity index is 1.49. The lowest BCUT2D eigenvalue weighted by Gasteiger charge is -2.36. The van der Waals surface area contributed by atoms with Gasteiger partial charge in [-0.25, -0.2) is 21.5 Å². The number of sulfonamides is 1. The Morgan fingerprint density at radius 3 is 2.37 bits per heavy atom. The summed E-state index contributed by atoms with van der Waals surface area (Å²) in [5.41, 5.74) is 3.97. The lowest BCUT2D eigenvalue weighted by atomic mass is 10.1. The molecule has 15 nitrogen and oxygen atoms in total. The van der Waals surface area contributed by atoms with Crippen LogP contribution < -0.4 is 9.47 Å². The monoisotopic (exact) mass is 774 g/mol. The lowest BCUT2D eigenvalue weighted by molar-refractivity contribution is 0.0715. The Labute approximate surface area is 307 Å². The molecule has 0 unspecified atom stereocenters. The summed E-state index contributed by atoms with van der Waals surface area (Å²) in [5.74, 6) is 0.945. The number of nitrogens with zero attached hydrogens (tertiary/aromatic N) is 8. The zero-order valence-electron chi connectivity index (χ0n) is 31.6. The van der Waals surface area contributed by atoms with Crippen molar-refractivity contribution in [1.29, 1.82) is 0 Å². The molecule has 284 valence electrons. The van der Waals surface area contributed by atoms with Gasteiger partial charge in [-0.3, -0.25) is 9.58 Å². The maximum absolute atomic E-state index is 12.9. The molecule has 18 heteroatoms. The van der Waals surface area contributed by atoms with E-state index in [4.69, 9.17) is 19.0 Å². The molecule has 0 saturated carbocycles. The molecular weight excluding hydrogens is 725 g/mol. The fourth-order valence-corrected chi connectivity index (χ4v) is 8.83. The molecule has 0 N–H and O–H groups in total. The fourth-order valence-electron chi connectivity index (χ4n) is 6.17. The minimum absolute atomic E-state index is 0.0314. The molecule has 1 atom stereocenters. The van der Waals surface area contributed by atoms with Crippen molar-refractivity contribution in [3.8, 4) is 22.9 Å². The first kappa shape index (κ1) is 38.2. The molecule has 1 fully saturated rings. The van der Waals surface area contributed by atoms with Crippen molar-refractivity contribution in [2.75, 3.05) is 45.8 Å². The highest BCUT2D eigenvalue weighted by Gasteiger charge is 2.38. The van der Waals surface area contributed by atoms with Crippen molar-refractivity contribution in [1.82, 2.24) is 38.0 Å². The van der Waals surface area contributed by atoms with Crippen molar-refractivity contribution in [3.05, 3.63) is 41.3 Å². The van der Waals surface area contributed by atoms with Crippen molar-refractivity contribution in [2.24, 2.45) is 7.05 Å². The number of aryl methyl sites for hydroxylation is 1. The van der Waals surface area contributed by atoms with E-state index in [0.29, 0.717) is 60.2 Å². The van der Waals surface area contributed by atoms with E-state index >= 15 is 0 Å². The van der Waals surface area contributed by atoms with Gasteiger partial charge in [0, 0.05) is 25.5 Å².